The molecule has 1 atom stereocenters. The molecule has 1 saturated heterocycles. The molecule has 1 spiro atoms. The number of rotatable bonds is 2. The molecule has 4 nitrogen and oxygen atoms in total. The summed E-state index contributed by atoms with van der Waals surface area (Å²) < 4.78 is 20.7. The van der Waals surface area contributed by atoms with E-state index >= 15 is 0 Å². The summed E-state index contributed by atoms with van der Waals surface area (Å²) in [5, 5.41) is 0. The average molecular weight is 440 g/mol. The van der Waals surface area contributed by atoms with Crippen molar-refractivity contribution in [1.82, 2.24) is 4.90 Å². The van der Waals surface area contributed by atoms with Crippen LogP contribution in [0.3, 0.4) is 0 Å². The highest BCUT2D eigenvalue weighted by atomic mass is 32.2. The van der Waals surface area contributed by atoms with Gasteiger partial charge in [0.1, 0.15) is 22.1 Å². The van der Waals surface area contributed by atoms with E-state index in [1.807, 2.05) is 19.1 Å². The molecule has 4 aliphatic rings. The SMILES string of the molecule is CC1CCC=C(CN2CCC3(CC2)CSC2=C(O3)c3ccccc3C(=O)C2=O)C=C1F. The lowest BCUT2D eigenvalue weighted by atomic mass is 9.90. The zero-order valence-electron chi connectivity index (χ0n) is 17.7. The highest BCUT2D eigenvalue weighted by Crippen LogP contribution is 2.47. The van der Waals surface area contributed by atoms with Crippen LogP contribution in [-0.4, -0.2) is 47.5 Å². The molecule has 1 unspecified atom stereocenters. The van der Waals surface area contributed by atoms with Crippen LogP contribution in [0.15, 0.2) is 52.7 Å². The van der Waals surface area contributed by atoms with Gasteiger partial charge in [-0.3, -0.25) is 14.5 Å². The third-order valence-corrected chi connectivity index (χ3v) is 8.14. The smallest absolute Gasteiger partial charge is 0.243 e. The van der Waals surface area contributed by atoms with Gasteiger partial charge in [-0.05, 0) is 24.5 Å². The Balaban J connectivity index is 1.30. The van der Waals surface area contributed by atoms with E-state index in [2.05, 4.69) is 11.0 Å². The normalized spacial score (nSPS) is 25.9. The number of Topliss-reactive ketones (excluding diaryl/α,β-unsaturated/α-hetero) is 2. The minimum absolute atomic E-state index is 0.00136. The van der Waals surface area contributed by atoms with Gasteiger partial charge in [0.05, 0.1) is 0 Å². The van der Waals surface area contributed by atoms with Crippen molar-refractivity contribution in [2.45, 2.75) is 38.2 Å². The molecule has 2 aliphatic heterocycles. The van der Waals surface area contributed by atoms with Crippen molar-refractivity contribution < 1.29 is 18.7 Å². The van der Waals surface area contributed by atoms with E-state index < -0.39 is 11.6 Å². The molecule has 2 heterocycles. The van der Waals surface area contributed by atoms with Crippen LogP contribution in [-0.2, 0) is 9.53 Å². The first-order valence-electron chi connectivity index (χ1n) is 11.0. The zero-order chi connectivity index (χ0) is 21.6. The lowest BCUT2D eigenvalue weighted by Gasteiger charge is -2.45. The third-order valence-electron chi connectivity index (χ3n) is 6.81. The minimum Gasteiger partial charge on any atom is -0.484 e. The van der Waals surface area contributed by atoms with Gasteiger partial charge >= 0.3 is 0 Å². The second-order valence-electron chi connectivity index (χ2n) is 9.00. The maximum atomic E-state index is 14.2. The second kappa shape index (κ2) is 8.06. The highest BCUT2D eigenvalue weighted by Gasteiger charge is 2.45. The van der Waals surface area contributed by atoms with E-state index in [9.17, 15) is 14.0 Å². The van der Waals surface area contributed by atoms with Gasteiger partial charge in [-0.25, -0.2) is 4.39 Å². The number of fused-ring (bicyclic) bond motifs is 2. The molecule has 6 heteroatoms. The fraction of sp³-hybridized carbons (Fsp3) is 0.440. The lowest BCUT2D eigenvalue weighted by molar-refractivity contribution is -0.111. The fourth-order valence-electron chi connectivity index (χ4n) is 4.78. The minimum atomic E-state index is -0.450. The van der Waals surface area contributed by atoms with Gasteiger partial charge < -0.3 is 4.74 Å². The fourth-order valence-corrected chi connectivity index (χ4v) is 6.04. The Morgan fingerprint density at radius 3 is 2.68 bits per heavy atom. The van der Waals surface area contributed by atoms with Crippen molar-refractivity contribution in [2.75, 3.05) is 25.4 Å². The van der Waals surface area contributed by atoms with E-state index in [1.165, 1.54) is 11.8 Å². The molecular formula is C25H26FNO3S. The topological polar surface area (TPSA) is 46.6 Å². The van der Waals surface area contributed by atoms with E-state index in [-0.39, 0.29) is 17.3 Å². The van der Waals surface area contributed by atoms with Crippen LogP contribution >= 0.6 is 11.8 Å². The zero-order valence-corrected chi connectivity index (χ0v) is 18.5. The maximum Gasteiger partial charge on any atom is 0.243 e. The third kappa shape index (κ3) is 3.80. The van der Waals surface area contributed by atoms with Crippen LogP contribution in [0, 0.1) is 5.92 Å². The van der Waals surface area contributed by atoms with Gasteiger partial charge in [0.2, 0.25) is 11.6 Å². The number of benzene rings is 1. The molecule has 0 N–H and O–H groups in total. The van der Waals surface area contributed by atoms with E-state index in [0.717, 1.165) is 56.5 Å². The number of nitrogens with zero attached hydrogens (tertiary/aromatic N) is 1. The quantitative estimate of drug-likeness (QED) is 0.612. The maximum absolute atomic E-state index is 14.2. The largest absolute Gasteiger partial charge is 0.484 e. The van der Waals surface area contributed by atoms with Gasteiger partial charge in [-0.15, -0.1) is 11.8 Å². The first kappa shape index (κ1) is 20.7. The molecule has 0 aromatic heterocycles. The van der Waals surface area contributed by atoms with Crippen LogP contribution in [0.2, 0.25) is 0 Å². The second-order valence-corrected chi connectivity index (χ2v) is 9.98. The first-order chi connectivity index (χ1) is 15.0. The molecule has 1 aromatic rings. The summed E-state index contributed by atoms with van der Waals surface area (Å²) in [6, 6.07) is 7.22. The number of hydrogen-bond acceptors (Lipinski definition) is 5. The molecule has 0 radical (unpaired) electrons. The number of hydrogen-bond donors (Lipinski definition) is 0. The number of piperidine rings is 1. The Morgan fingerprint density at radius 1 is 1.16 bits per heavy atom. The number of allylic oxidation sites excluding steroid dienone is 3. The number of halogens is 1. The molecule has 1 fully saturated rings. The van der Waals surface area contributed by atoms with Gasteiger partial charge in [0.15, 0.2) is 0 Å². The lowest BCUT2D eigenvalue weighted by Crippen LogP contribution is -2.49. The molecule has 0 amide bonds. The van der Waals surface area contributed by atoms with Crippen molar-refractivity contribution in [2.24, 2.45) is 5.92 Å². The summed E-state index contributed by atoms with van der Waals surface area (Å²) in [4.78, 5) is 27.8. The number of thioether (sulfide) groups is 1. The molecule has 1 aromatic carbocycles. The molecular weight excluding hydrogens is 413 g/mol. The van der Waals surface area contributed by atoms with Crippen LogP contribution in [0.1, 0.15) is 48.5 Å². The summed E-state index contributed by atoms with van der Waals surface area (Å²) in [7, 11) is 0. The highest BCUT2D eigenvalue weighted by molar-refractivity contribution is 8.04. The summed E-state index contributed by atoms with van der Waals surface area (Å²) in [6.45, 7) is 4.42. The predicted octanol–water partition coefficient (Wildman–Crippen LogP) is 4.93. The van der Waals surface area contributed by atoms with Crippen LogP contribution in [0.5, 0.6) is 0 Å². The van der Waals surface area contributed by atoms with Crippen molar-refractivity contribution in [3.63, 3.8) is 0 Å². The van der Waals surface area contributed by atoms with Crippen molar-refractivity contribution in [1.29, 1.82) is 0 Å². The Hall–Kier alpha value is -2.18. The molecule has 0 bridgehead atoms. The van der Waals surface area contributed by atoms with Gasteiger partial charge in [-0.1, -0.05) is 37.3 Å². The first-order valence-corrected chi connectivity index (χ1v) is 12.0. The summed E-state index contributed by atoms with van der Waals surface area (Å²) in [6.07, 6.45) is 7.35. The van der Waals surface area contributed by atoms with E-state index in [1.54, 1.807) is 18.2 Å². The van der Waals surface area contributed by atoms with Crippen LogP contribution < -0.4 is 0 Å². The summed E-state index contributed by atoms with van der Waals surface area (Å²) in [5.41, 5.74) is 1.90. The molecule has 5 rings (SSSR count). The van der Waals surface area contributed by atoms with Crippen molar-refractivity contribution in [3.8, 4) is 0 Å². The monoisotopic (exact) mass is 439 g/mol. The van der Waals surface area contributed by atoms with Crippen LogP contribution in [0.4, 0.5) is 4.39 Å². The van der Waals surface area contributed by atoms with E-state index in [4.69, 9.17) is 4.74 Å². The predicted molar refractivity (Wildman–Crippen MR) is 120 cm³/mol. The standard InChI is InChI=1S/C25H26FNO3S/c1-16-5-4-6-17(13-20(16)26)14-27-11-9-25(10-12-27)15-31-24-22(29)21(28)18-7-2-3-8-19(18)23(24)30-25/h2-3,6-8,13,16H,4-5,9-12,14-15H2,1H3. The number of carbonyl (C=O) groups excluding carboxylic acids is 2. The van der Waals surface area contributed by atoms with Gasteiger partial charge in [-0.2, -0.15) is 0 Å². The van der Waals surface area contributed by atoms with Gasteiger partial charge in [0.25, 0.3) is 0 Å². The molecule has 0 saturated carbocycles. The summed E-state index contributed by atoms with van der Waals surface area (Å²) in [5.74, 6) is 0.350. The molecule has 2 aliphatic carbocycles. The van der Waals surface area contributed by atoms with Crippen molar-refractivity contribution in [3.05, 3.63) is 63.8 Å². The summed E-state index contributed by atoms with van der Waals surface area (Å²) >= 11 is 1.46. The number of ether oxygens (including phenoxy) is 1. The average Bonchev–Trinajstić information content (AvgIpc) is 2.94. The van der Waals surface area contributed by atoms with E-state index in [0.29, 0.717) is 22.0 Å². The number of ketones is 2. The Morgan fingerprint density at radius 2 is 1.90 bits per heavy atom. The van der Waals surface area contributed by atoms with Gasteiger partial charge in [0, 0.05) is 55.3 Å². The van der Waals surface area contributed by atoms with Crippen molar-refractivity contribution >= 4 is 29.1 Å². The van der Waals surface area contributed by atoms with Crippen LogP contribution in [0.25, 0.3) is 5.76 Å². The Kier molecular flexibility index (Phi) is 5.39. The number of likely N-dealkylation sites (tertiary alicyclic amines) is 1. The molecule has 31 heavy (non-hydrogen) atoms. The number of carbonyl (C=O) groups is 2. The molecule has 162 valence electrons. The Bertz CT molecular complexity index is 1030. The Labute approximate surface area is 186 Å².